The number of hydrogen-bond acceptors (Lipinski definition) is 1. The summed E-state index contributed by atoms with van der Waals surface area (Å²) in [5.74, 6) is -0.164. The maximum Gasteiger partial charge on any atom is 0.255 e. The third-order valence-corrected chi connectivity index (χ3v) is 3.28. The van der Waals surface area contributed by atoms with Crippen molar-refractivity contribution in [3.63, 3.8) is 0 Å². The Bertz CT molecular complexity index is 600. The monoisotopic (exact) mass is 337 g/mol. The number of hydrogen-bond donors (Lipinski definition) is 1. The molecule has 1 N–H and O–H groups in total. The molecule has 2 aromatic carbocycles. The largest absolute Gasteiger partial charge is 0.322 e. The molecule has 1 amide bonds. The standard InChI is InChI=1S/C15H13BrClNO/c1-9-3-11(7-13(17)5-9)15(19)18-14-6-10(2)4-12(16)8-14/h3-8H,1-2H3,(H,18,19). The maximum atomic E-state index is 12.2. The highest BCUT2D eigenvalue weighted by molar-refractivity contribution is 9.10. The number of aryl methyl sites for hydroxylation is 2. The average molecular weight is 339 g/mol. The fourth-order valence-electron chi connectivity index (χ4n) is 1.88. The number of nitrogens with one attached hydrogen (secondary N) is 1. The summed E-state index contributed by atoms with van der Waals surface area (Å²) in [6, 6.07) is 11.1. The topological polar surface area (TPSA) is 29.1 Å². The Morgan fingerprint density at radius 2 is 1.74 bits per heavy atom. The Kier molecular flexibility index (Phi) is 4.27. The lowest BCUT2D eigenvalue weighted by Crippen LogP contribution is -2.12. The van der Waals surface area contributed by atoms with E-state index < -0.39 is 0 Å². The van der Waals surface area contributed by atoms with E-state index >= 15 is 0 Å². The summed E-state index contributed by atoms with van der Waals surface area (Å²) in [5, 5.41) is 3.43. The van der Waals surface area contributed by atoms with Crippen LogP contribution in [0.2, 0.25) is 5.02 Å². The van der Waals surface area contributed by atoms with Crippen LogP contribution in [-0.2, 0) is 0 Å². The first-order valence-electron chi connectivity index (χ1n) is 5.80. The molecule has 0 aromatic heterocycles. The highest BCUT2D eigenvalue weighted by atomic mass is 79.9. The predicted molar refractivity (Wildman–Crippen MR) is 83.0 cm³/mol. The van der Waals surface area contributed by atoms with Crippen molar-refractivity contribution in [3.8, 4) is 0 Å². The lowest BCUT2D eigenvalue weighted by Gasteiger charge is -2.08. The van der Waals surface area contributed by atoms with Gasteiger partial charge < -0.3 is 5.32 Å². The summed E-state index contributed by atoms with van der Waals surface area (Å²) in [6.45, 7) is 3.88. The Morgan fingerprint density at radius 1 is 1.05 bits per heavy atom. The number of halogens is 2. The van der Waals surface area contributed by atoms with Crippen LogP contribution in [0.3, 0.4) is 0 Å². The van der Waals surface area contributed by atoms with Crippen molar-refractivity contribution in [2.24, 2.45) is 0 Å². The van der Waals surface area contributed by atoms with Crippen molar-refractivity contribution in [2.45, 2.75) is 13.8 Å². The second-order valence-electron chi connectivity index (χ2n) is 4.49. The van der Waals surface area contributed by atoms with Crippen molar-refractivity contribution in [2.75, 3.05) is 5.32 Å². The molecule has 19 heavy (non-hydrogen) atoms. The second-order valence-corrected chi connectivity index (χ2v) is 5.84. The molecule has 0 aliphatic rings. The zero-order valence-corrected chi connectivity index (χ0v) is 13.0. The second kappa shape index (κ2) is 5.76. The fourth-order valence-corrected chi connectivity index (χ4v) is 2.78. The highest BCUT2D eigenvalue weighted by Crippen LogP contribution is 2.21. The minimum absolute atomic E-state index is 0.164. The third kappa shape index (κ3) is 3.82. The van der Waals surface area contributed by atoms with Crippen LogP contribution in [0.15, 0.2) is 40.9 Å². The van der Waals surface area contributed by atoms with Gasteiger partial charge in [-0.25, -0.2) is 0 Å². The van der Waals surface area contributed by atoms with E-state index in [1.807, 2.05) is 44.2 Å². The normalized spacial score (nSPS) is 10.3. The van der Waals surface area contributed by atoms with Crippen LogP contribution in [0.5, 0.6) is 0 Å². The van der Waals surface area contributed by atoms with E-state index in [4.69, 9.17) is 11.6 Å². The third-order valence-electron chi connectivity index (χ3n) is 2.60. The summed E-state index contributed by atoms with van der Waals surface area (Å²) >= 11 is 9.37. The zero-order valence-electron chi connectivity index (χ0n) is 10.6. The Balaban J connectivity index is 2.25. The van der Waals surface area contributed by atoms with Gasteiger partial charge in [-0.1, -0.05) is 27.5 Å². The van der Waals surface area contributed by atoms with Crippen molar-refractivity contribution in [1.82, 2.24) is 0 Å². The van der Waals surface area contributed by atoms with Crippen LogP contribution in [0.25, 0.3) is 0 Å². The van der Waals surface area contributed by atoms with E-state index in [0.717, 1.165) is 21.3 Å². The van der Waals surface area contributed by atoms with Crippen molar-refractivity contribution >= 4 is 39.1 Å². The molecule has 4 heteroatoms. The number of amides is 1. The molecule has 0 fully saturated rings. The Morgan fingerprint density at radius 3 is 2.37 bits per heavy atom. The highest BCUT2D eigenvalue weighted by Gasteiger charge is 2.08. The van der Waals surface area contributed by atoms with Crippen LogP contribution in [0.4, 0.5) is 5.69 Å². The number of carbonyl (C=O) groups excluding carboxylic acids is 1. The molecule has 0 spiro atoms. The first-order chi connectivity index (χ1) is 8.94. The molecular formula is C15H13BrClNO. The Hall–Kier alpha value is -1.32. The summed E-state index contributed by atoms with van der Waals surface area (Å²) in [4.78, 5) is 12.2. The minimum atomic E-state index is -0.164. The van der Waals surface area contributed by atoms with E-state index in [-0.39, 0.29) is 5.91 Å². The van der Waals surface area contributed by atoms with E-state index in [1.165, 1.54) is 0 Å². The number of benzene rings is 2. The fraction of sp³-hybridized carbons (Fsp3) is 0.133. The van der Waals surface area contributed by atoms with E-state index in [9.17, 15) is 4.79 Å². The van der Waals surface area contributed by atoms with Crippen molar-refractivity contribution in [1.29, 1.82) is 0 Å². The molecule has 2 nitrogen and oxygen atoms in total. The first-order valence-corrected chi connectivity index (χ1v) is 6.97. The molecule has 0 aliphatic heterocycles. The molecule has 2 rings (SSSR count). The van der Waals surface area contributed by atoms with Gasteiger partial charge in [0.1, 0.15) is 0 Å². The molecule has 0 aliphatic carbocycles. The molecule has 0 saturated carbocycles. The van der Waals surface area contributed by atoms with E-state index in [0.29, 0.717) is 10.6 Å². The van der Waals surface area contributed by atoms with Crippen LogP contribution in [0.1, 0.15) is 21.5 Å². The average Bonchev–Trinajstić information content (AvgIpc) is 2.25. The van der Waals surface area contributed by atoms with Gasteiger partial charge in [0.2, 0.25) is 0 Å². The van der Waals surface area contributed by atoms with Gasteiger partial charge in [0.05, 0.1) is 0 Å². The van der Waals surface area contributed by atoms with Gasteiger partial charge in [0, 0.05) is 20.7 Å². The van der Waals surface area contributed by atoms with Gasteiger partial charge in [-0.05, 0) is 61.4 Å². The summed E-state index contributed by atoms with van der Waals surface area (Å²) in [7, 11) is 0. The molecular weight excluding hydrogens is 326 g/mol. The number of rotatable bonds is 2. The quantitative estimate of drug-likeness (QED) is 0.823. The van der Waals surface area contributed by atoms with E-state index in [1.54, 1.807) is 6.07 Å². The lowest BCUT2D eigenvalue weighted by atomic mass is 10.1. The van der Waals surface area contributed by atoms with Gasteiger partial charge in [0.15, 0.2) is 0 Å². The summed E-state index contributed by atoms with van der Waals surface area (Å²) in [6.07, 6.45) is 0. The Labute approximate surface area is 125 Å². The summed E-state index contributed by atoms with van der Waals surface area (Å²) < 4.78 is 0.935. The molecule has 0 radical (unpaired) electrons. The van der Waals surface area contributed by atoms with E-state index in [2.05, 4.69) is 21.2 Å². The SMILES string of the molecule is Cc1cc(Br)cc(NC(=O)c2cc(C)cc(Cl)c2)c1. The van der Waals surface area contributed by atoms with Crippen LogP contribution < -0.4 is 5.32 Å². The maximum absolute atomic E-state index is 12.2. The molecule has 0 atom stereocenters. The van der Waals surface area contributed by atoms with Crippen LogP contribution in [0, 0.1) is 13.8 Å². The van der Waals surface area contributed by atoms with Gasteiger partial charge >= 0.3 is 0 Å². The van der Waals surface area contributed by atoms with Crippen molar-refractivity contribution < 1.29 is 4.79 Å². The van der Waals surface area contributed by atoms with Crippen LogP contribution >= 0.6 is 27.5 Å². The van der Waals surface area contributed by atoms with Gasteiger partial charge in [-0.15, -0.1) is 0 Å². The first kappa shape index (κ1) is 14.1. The molecule has 98 valence electrons. The zero-order chi connectivity index (χ0) is 14.0. The van der Waals surface area contributed by atoms with Gasteiger partial charge in [-0.3, -0.25) is 4.79 Å². The molecule has 0 saturated heterocycles. The number of anilines is 1. The molecule has 0 bridgehead atoms. The smallest absolute Gasteiger partial charge is 0.255 e. The molecule has 0 heterocycles. The minimum Gasteiger partial charge on any atom is -0.322 e. The lowest BCUT2D eigenvalue weighted by molar-refractivity contribution is 0.102. The molecule has 0 unspecified atom stereocenters. The van der Waals surface area contributed by atoms with Gasteiger partial charge in [0.25, 0.3) is 5.91 Å². The van der Waals surface area contributed by atoms with Crippen molar-refractivity contribution in [3.05, 3.63) is 62.6 Å². The van der Waals surface area contributed by atoms with Gasteiger partial charge in [-0.2, -0.15) is 0 Å². The summed E-state index contributed by atoms with van der Waals surface area (Å²) in [5.41, 5.74) is 3.35. The predicted octanol–water partition coefficient (Wildman–Crippen LogP) is 4.97. The van der Waals surface area contributed by atoms with Crippen LogP contribution in [-0.4, -0.2) is 5.91 Å². The number of carbonyl (C=O) groups is 1. The molecule has 2 aromatic rings.